The lowest BCUT2D eigenvalue weighted by Crippen LogP contribution is -2.27. The van der Waals surface area contributed by atoms with E-state index in [2.05, 4.69) is 5.10 Å². The maximum Gasteiger partial charge on any atom is 0.303 e. The van der Waals surface area contributed by atoms with E-state index < -0.39 is 5.97 Å². The van der Waals surface area contributed by atoms with Gasteiger partial charge in [-0.1, -0.05) is 29.8 Å². The molecule has 29 heavy (non-hydrogen) atoms. The maximum absolute atomic E-state index is 12.7. The Labute approximate surface area is 173 Å². The van der Waals surface area contributed by atoms with Crippen LogP contribution in [0.4, 0.5) is 0 Å². The van der Waals surface area contributed by atoms with Crippen molar-refractivity contribution in [2.75, 3.05) is 14.2 Å². The second-order valence-electron chi connectivity index (χ2n) is 6.52. The molecule has 1 aliphatic heterocycles. The van der Waals surface area contributed by atoms with E-state index in [4.69, 9.17) is 26.2 Å². The number of rotatable bonds is 7. The Morgan fingerprint density at radius 1 is 1.10 bits per heavy atom. The number of nitrogens with zero attached hydrogens (tertiary/aromatic N) is 2. The summed E-state index contributed by atoms with van der Waals surface area (Å²) in [5.41, 5.74) is 2.40. The van der Waals surface area contributed by atoms with Crippen molar-refractivity contribution < 1.29 is 24.2 Å². The molecule has 0 saturated carbocycles. The molecule has 0 bridgehead atoms. The van der Waals surface area contributed by atoms with E-state index in [1.165, 1.54) is 5.01 Å². The van der Waals surface area contributed by atoms with E-state index in [1.54, 1.807) is 38.5 Å². The smallest absolute Gasteiger partial charge is 0.303 e. The summed E-state index contributed by atoms with van der Waals surface area (Å²) in [6.07, 6.45) is 0.103. The Kier molecular flexibility index (Phi) is 6.39. The zero-order chi connectivity index (χ0) is 21.0. The molecular formula is C21H21ClN2O5. The number of hydrogen-bond acceptors (Lipinski definition) is 5. The highest BCUT2D eigenvalue weighted by Gasteiger charge is 2.33. The van der Waals surface area contributed by atoms with Gasteiger partial charge in [-0.2, -0.15) is 5.10 Å². The minimum Gasteiger partial charge on any atom is -0.493 e. The Morgan fingerprint density at radius 2 is 1.79 bits per heavy atom. The van der Waals surface area contributed by atoms with E-state index in [0.29, 0.717) is 22.9 Å². The van der Waals surface area contributed by atoms with Crippen LogP contribution in [0.5, 0.6) is 11.5 Å². The van der Waals surface area contributed by atoms with Crippen LogP contribution in [-0.4, -0.2) is 41.9 Å². The average Bonchev–Trinajstić information content (AvgIpc) is 3.17. The van der Waals surface area contributed by atoms with Gasteiger partial charge in [0.2, 0.25) is 5.91 Å². The monoisotopic (exact) mass is 416 g/mol. The van der Waals surface area contributed by atoms with Crippen molar-refractivity contribution in [1.82, 2.24) is 5.01 Å². The summed E-state index contributed by atoms with van der Waals surface area (Å²) in [5, 5.41) is 15.4. The minimum absolute atomic E-state index is 0.128. The zero-order valence-corrected chi connectivity index (χ0v) is 16.8. The number of methoxy groups -OCH3 is 2. The topological polar surface area (TPSA) is 88.4 Å². The molecule has 3 rings (SSSR count). The van der Waals surface area contributed by atoms with Crippen LogP contribution in [-0.2, 0) is 9.59 Å². The van der Waals surface area contributed by atoms with Crippen molar-refractivity contribution in [1.29, 1.82) is 0 Å². The Bertz CT molecular complexity index is 943. The molecule has 1 amide bonds. The molecule has 0 radical (unpaired) electrons. The standard InChI is InChI=1S/C21H21ClN2O5/c1-28-18-8-5-14(11-19(18)29-2)17-12-16(13-3-6-15(22)7-4-13)23-24(17)20(25)9-10-21(26)27/h3-8,11,17H,9-10,12H2,1-2H3,(H,26,27). The molecule has 152 valence electrons. The third kappa shape index (κ3) is 4.68. The minimum atomic E-state index is -1.03. The number of hydrogen-bond donors (Lipinski definition) is 1. The highest BCUT2D eigenvalue weighted by Crippen LogP contribution is 2.37. The Hall–Kier alpha value is -3.06. The highest BCUT2D eigenvalue weighted by atomic mass is 35.5. The number of carboxylic acid groups (broad SMARTS) is 1. The van der Waals surface area contributed by atoms with Crippen LogP contribution in [0.3, 0.4) is 0 Å². The number of hydrazone groups is 1. The van der Waals surface area contributed by atoms with Gasteiger partial charge in [0.05, 0.1) is 32.4 Å². The van der Waals surface area contributed by atoms with Crippen molar-refractivity contribution in [3.63, 3.8) is 0 Å². The maximum atomic E-state index is 12.7. The van der Waals surface area contributed by atoms with Gasteiger partial charge >= 0.3 is 5.97 Å². The predicted octanol–water partition coefficient (Wildman–Crippen LogP) is 3.90. The number of carbonyl (C=O) groups is 2. The number of carbonyl (C=O) groups excluding carboxylic acids is 1. The van der Waals surface area contributed by atoms with Crippen LogP contribution in [0.1, 0.15) is 36.4 Å². The predicted molar refractivity (Wildman–Crippen MR) is 109 cm³/mol. The lowest BCUT2D eigenvalue weighted by Gasteiger charge is -2.22. The van der Waals surface area contributed by atoms with E-state index in [9.17, 15) is 9.59 Å². The summed E-state index contributed by atoms with van der Waals surface area (Å²) in [6, 6.07) is 12.3. The van der Waals surface area contributed by atoms with E-state index in [-0.39, 0.29) is 24.8 Å². The van der Waals surface area contributed by atoms with E-state index >= 15 is 0 Å². The fraction of sp³-hybridized carbons (Fsp3) is 0.286. The number of carboxylic acids is 1. The largest absolute Gasteiger partial charge is 0.493 e. The molecule has 0 spiro atoms. The number of benzene rings is 2. The SMILES string of the molecule is COc1ccc(C2CC(c3ccc(Cl)cc3)=NN2C(=O)CCC(=O)O)cc1OC. The molecule has 0 aromatic heterocycles. The quantitative estimate of drug-likeness (QED) is 0.739. The third-order valence-electron chi connectivity index (χ3n) is 4.69. The first-order valence-electron chi connectivity index (χ1n) is 9.02. The summed E-state index contributed by atoms with van der Waals surface area (Å²) in [7, 11) is 3.10. The highest BCUT2D eigenvalue weighted by molar-refractivity contribution is 6.30. The summed E-state index contributed by atoms with van der Waals surface area (Å²) in [4.78, 5) is 23.6. The molecule has 2 aromatic carbocycles. The summed E-state index contributed by atoms with van der Waals surface area (Å²) in [6.45, 7) is 0. The van der Waals surface area contributed by atoms with Gasteiger partial charge in [-0.3, -0.25) is 9.59 Å². The van der Waals surface area contributed by atoms with Gasteiger partial charge in [-0.25, -0.2) is 5.01 Å². The molecule has 8 heteroatoms. The average molecular weight is 417 g/mol. The first-order chi connectivity index (χ1) is 13.9. The van der Waals surface area contributed by atoms with Crippen LogP contribution in [0.2, 0.25) is 5.02 Å². The van der Waals surface area contributed by atoms with Crippen LogP contribution in [0, 0.1) is 0 Å². The first kappa shape index (κ1) is 20.7. The molecule has 0 fully saturated rings. The number of amides is 1. The van der Waals surface area contributed by atoms with Gasteiger partial charge in [0.1, 0.15) is 0 Å². The third-order valence-corrected chi connectivity index (χ3v) is 4.94. The lowest BCUT2D eigenvalue weighted by molar-refractivity contribution is -0.141. The molecule has 7 nitrogen and oxygen atoms in total. The van der Waals surface area contributed by atoms with Crippen LogP contribution in [0.15, 0.2) is 47.6 Å². The van der Waals surface area contributed by atoms with E-state index in [0.717, 1.165) is 16.8 Å². The number of ether oxygens (including phenoxy) is 2. The second-order valence-corrected chi connectivity index (χ2v) is 6.96. The van der Waals surface area contributed by atoms with Crippen LogP contribution < -0.4 is 9.47 Å². The molecular weight excluding hydrogens is 396 g/mol. The molecule has 0 aliphatic carbocycles. The normalized spacial score (nSPS) is 15.8. The van der Waals surface area contributed by atoms with E-state index in [1.807, 2.05) is 18.2 Å². The van der Waals surface area contributed by atoms with Crippen molar-refractivity contribution >= 4 is 29.2 Å². The van der Waals surface area contributed by atoms with Crippen molar-refractivity contribution in [3.05, 3.63) is 58.6 Å². The van der Waals surface area contributed by atoms with Gasteiger partial charge in [-0.15, -0.1) is 0 Å². The molecule has 2 aromatic rings. The fourth-order valence-corrected chi connectivity index (χ4v) is 3.33. The second kappa shape index (κ2) is 8.96. The van der Waals surface area contributed by atoms with Crippen molar-refractivity contribution in [2.45, 2.75) is 25.3 Å². The van der Waals surface area contributed by atoms with Gasteiger partial charge in [-0.05, 0) is 35.4 Å². The van der Waals surface area contributed by atoms with Crippen molar-refractivity contribution in [2.24, 2.45) is 5.10 Å². The lowest BCUT2D eigenvalue weighted by atomic mass is 9.98. The molecule has 1 aliphatic rings. The zero-order valence-electron chi connectivity index (χ0n) is 16.1. The first-order valence-corrected chi connectivity index (χ1v) is 9.40. The van der Waals surface area contributed by atoms with Crippen LogP contribution >= 0.6 is 11.6 Å². The molecule has 1 unspecified atom stereocenters. The summed E-state index contributed by atoms with van der Waals surface area (Å²) < 4.78 is 10.7. The fourth-order valence-electron chi connectivity index (χ4n) is 3.21. The van der Waals surface area contributed by atoms with Gasteiger partial charge in [0.25, 0.3) is 0 Å². The molecule has 1 atom stereocenters. The Morgan fingerprint density at radius 3 is 2.41 bits per heavy atom. The van der Waals surface area contributed by atoms with Crippen molar-refractivity contribution in [3.8, 4) is 11.5 Å². The number of aliphatic carboxylic acids is 1. The van der Waals surface area contributed by atoms with Gasteiger partial charge in [0.15, 0.2) is 11.5 Å². The van der Waals surface area contributed by atoms with Crippen LogP contribution in [0.25, 0.3) is 0 Å². The summed E-state index contributed by atoms with van der Waals surface area (Å²) in [5.74, 6) is -0.252. The Balaban J connectivity index is 1.94. The summed E-state index contributed by atoms with van der Waals surface area (Å²) >= 11 is 5.97. The van der Waals surface area contributed by atoms with Gasteiger partial charge in [0, 0.05) is 17.9 Å². The van der Waals surface area contributed by atoms with Gasteiger partial charge < -0.3 is 14.6 Å². The number of halogens is 1. The molecule has 1 heterocycles. The molecule has 1 N–H and O–H groups in total. The molecule has 0 saturated heterocycles.